The average Bonchev–Trinajstić information content (AvgIpc) is 2.34. The van der Waals surface area contributed by atoms with Crippen LogP contribution >= 0.6 is 0 Å². The molecule has 1 aliphatic carbocycles. The molecule has 1 rings (SSSR count). The Bertz CT molecular complexity index is 281. The normalized spacial score (nSPS) is 28.2. The topological polar surface area (TPSA) is 50.7 Å². The largest absolute Gasteiger partial charge is 0.389 e. The summed E-state index contributed by atoms with van der Waals surface area (Å²) < 4.78 is 11.1. The zero-order chi connectivity index (χ0) is 15.3. The predicted octanol–water partition coefficient (Wildman–Crippen LogP) is 2.20. The number of ether oxygens (including phenoxy) is 2. The number of aliphatic hydroxyl groups excluding tert-OH is 1. The van der Waals surface area contributed by atoms with Crippen LogP contribution in [-0.2, 0) is 9.47 Å². The molecule has 1 saturated carbocycles. The molecule has 120 valence electrons. The number of methoxy groups -OCH3 is 1. The second-order valence-electron chi connectivity index (χ2n) is 7.17. The zero-order valence-corrected chi connectivity index (χ0v) is 14.0. The van der Waals surface area contributed by atoms with Crippen LogP contribution in [0.5, 0.6) is 0 Å². The fourth-order valence-corrected chi connectivity index (χ4v) is 2.98. The lowest BCUT2D eigenvalue weighted by molar-refractivity contribution is -0.101. The average molecular weight is 287 g/mol. The maximum Gasteiger partial charge on any atom is 0.0897 e. The molecule has 0 aliphatic heterocycles. The first-order chi connectivity index (χ1) is 9.27. The molecule has 0 radical (unpaired) electrons. The predicted molar refractivity (Wildman–Crippen MR) is 81.9 cm³/mol. The van der Waals surface area contributed by atoms with Gasteiger partial charge >= 0.3 is 0 Å². The van der Waals surface area contributed by atoms with E-state index in [1.165, 1.54) is 0 Å². The second kappa shape index (κ2) is 7.74. The monoisotopic (exact) mass is 287 g/mol. The van der Waals surface area contributed by atoms with E-state index in [-0.39, 0.29) is 11.5 Å². The number of aliphatic hydroxyl groups is 1. The minimum absolute atomic E-state index is 0.139. The van der Waals surface area contributed by atoms with Gasteiger partial charge in [-0.15, -0.1) is 0 Å². The molecule has 0 aromatic heterocycles. The molecular weight excluding hydrogens is 254 g/mol. The lowest BCUT2D eigenvalue weighted by Crippen LogP contribution is -2.61. The molecule has 4 atom stereocenters. The van der Waals surface area contributed by atoms with Crippen molar-refractivity contribution < 1.29 is 14.6 Å². The number of hydrogen-bond acceptors (Lipinski definition) is 4. The zero-order valence-electron chi connectivity index (χ0n) is 14.0. The van der Waals surface area contributed by atoms with Crippen LogP contribution in [0, 0.1) is 11.3 Å². The molecule has 0 aromatic carbocycles. The smallest absolute Gasteiger partial charge is 0.0897 e. The van der Waals surface area contributed by atoms with Gasteiger partial charge in [0.15, 0.2) is 0 Å². The third-order valence-electron chi connectivity index (χ3n) is 4.44. The van der Waals surface area contributed by atoms with Crippen molar-refractivity contribution in [1.82, 2.24) is 5.32 Å². The van der Waals surface area contributed by atoms with Crippen LogP contribution in [0.3, 0.4) is 0 Å². The first-order valence-electron chi connectivity index (χ1n) is 7.83. The van der Waals surface area contributed by atoms with Gasteiger partial charge in [0.2, 0.25) is 0 Å². The lowest BCUT2D eigenvalue weighted by atomic mass is 9.64. The van der Waals surface area contributed by atoms with Gasteiger partial charge in [-0.1, -0.05) is 27.7 Å². The molecule has 20 heavy (non-hydrogen) atoms. The summed E-state index contributed by atoms with van der Waals surface area (Å²) in [6.07, 6.45) is 2.13. The summed E-state index contributed by atoms with van der Waals surface area (Å²) >= 11 is 0. The van der Waals surface area contributed by atoms with E-state index in [2.05, 4.69) is 39.9 Å². The van der Waals surface area contributed by atoms with Crippen molar-refractivity contribution in [1.29, 1.82) is 0 Å². The summed E-state index contributed by atoms with van der Waals surface area (Å²) in [5.74, 6) is 0.627. The van der Waals surface area contributed by atoms with Crippen LogP contribution in [0.15, 0.2) is 0 Å². The molecule has 0 spiro atoms. The van der Waals surface area contributed by atoms with E-state index in [9.17, 15) is 5.11 Å². The first kappa shape index (κ1) is 17.9. The number of nitrogens with one attached hydrogen (secondary N) is 1. The first-order valence-corrected chi connectivity index (χ1v) is 7.83. The summed E-state index contributed by atoms with van der Waals surface area (Å²) in [6.45, 7) is 11.8. The molecule has 1 aliphatic rings. The number of hydrogen-bond donors (Lipinski definition) is 2. The van der Waals surface area contributed by atoms with E-state index in [0.717, 1.165) is 12.8 Å². The van der Waals surface area contributed by atoms with E-state index in [1.807, 2.05) is 0 Å². The maximum atomic E-state index is 9.98. The Balaban J connectivity index is 2.16. The molecule has 0 heterocycles. The highest BCUT2D eigenvalue weighted by Crippen LogP contribution is 2.42. The van der Waals surface area contributed by atoms with E-state index >= 15 is 0 Å². The van der Waals surface area contributed by atoms with Crippen molar-refractivity contribution in [3.05, 3.63) is 0 Å². The van der Waals surface area contributed by atoms with Gasteiger partial charge in [-0.2, -0.15) is 0 Å². The summed E-state index contributed by atoms with van der Waals surface area (Å²) in [4.78, 5) is 0. The maximum absolute atomic E-state index is 9.98. The molecule has 4 heteroatoms. The fourth-order valence-electron chi connectivity index (χ4n) is 2.98. The van der Waals surface area contributed by atoms with Crippen LogP contribution in [0.4, 0.5) is 0 Å². The summed E-state index contributed by atoms with van der Waals surface area (Å²) in [5.41, 5.74) is 0.139. The number of rotatable bonds is 9. The Morgan fingerprint density at radius 3 is 2.45 bits per heavy atom. The van der Waals surface area contributed by atoms with Crippen molar-refractivity contribution in [2.24, 2.45) is 11.3 Å². The molecular formula is C16H33NO3. The highest BCUT2D eigenvalue weighted by Gasteiger charge is 2.48. The van der Waals surface area contributed by atoms with Gasteiger partial charge < -0.3 is 19.9 Å². The SMILES string of the molecule is COC1CC(NCC(O)COC(C)CC(C)C)C1(C)C. The van der Waals surface area contributed by atoms with Crippen LogP contribution < -0.4 is 5.32 Å². The Morgan fingerprint density at radius 2 is 1.95 bits per heavy atom. The summed E-state index contributed by atoms with van der Waals surface area (Å²) in [7, 11) is 1.77. The van der Waals surface area contributed by atoms with Gasteiger partial charge in [0, 0.05) is 25.1 Å². The van der Waals surface area contributed by atoms with Gasteiger partial charge in [0.1, 0.15) is 0 Å². The van der Waals surface area contributed by atoms with Crippen molar-refractivity contribution in [2.75, 3.05) is 20.3 Å². The van der Waals surface area contributed by atoms with Crippen LogP contribution in [0.1, 0.15) is 47.5 Å². The molecule has 2 N–H and O–H groups in total. The Morgan fingerprint density at radius 1 is 1.30 bits per heavy atom. The van der Waals surface area contributed by atoms with Crippen LogP contribution in [0.25, 0.3) is 0 Å². The summed E-state index contributed by atoms with van der Waals surface area (Å²) in [6, 6.07) is 0.412. The molecule has 1 fully saturated rings. The van der Waals surface area contributed by atoms with Crippen LogP contribution in [-0.4, -0.2) is 49.7 Å². The van der Waals surface area contributed by atoms with Gasteiger partial charge in [-0.25, -0.2) is 0 Å². The Kier molecular flexibility index (Phi) is 6.92. The molecule has 0 aromatic rings. The van der Waals surface area contributed by atoms with E-state index in [0.29, 0.717) is 31.2 Å². The molecule has 0 amide bonds. The Labute approximate surface area is 124 Å². The highest BCUT2D eigenvalue weighted by molar-refractivity contribution is 5.02. The minimum Gasteiger partial charge on any atom is -0.389 e. The molecule has 0 saturated heterocycles. The third-order valence-corrected chi connectivity index (χ3v) is 4.44. The molecule has 4 nitrogen and oxygen atoms in total. The lowest BCUT2D eigenvalue weighted by Gasteiger charge is -2.51. The van der Waals surface area contributed by atoms with Gasteiger partial charge in [0.25, 0.3) is 0 Å². The second-order valence-corrected chi connectivity index (χ2v) is 7.17. The van der Waals surface area contributed by atoms with Crippen molar-refractivity contribution >= 4 is 0 Å². The fraction of sp³-hybridized carbons (Fsp3) is 1.00. The van der Waals surface area contributed by atoms with Gasteiger partial charge in [-0.3, -0.25) is 0 Å². The minimum atomic E-state index is -0.443. The standard InChI is InChI=1S/C16H33NO3/c1-11(2)7-12(3)20-10-13(18)9-17-14-8-15(19-6)16(14,4)5/h11-15,17-18H,7-10H2,1-6H3. The van der Waals surface area contributed by atoms with Gasteiger partial charge in [0.05, 0.1) is 24.9 Å². The summed E-state index contributed by atoms with van der Waals surface area (Å²) in [5, 5.41) is 13.4. The van der Waals surface area contributed by atoms with Crippen LogP contribution in [0.2, 0.25) is 0 Å². The van der Waals surface area contributed by atoms with Crippen molar-refractivity contribution in [3.63, 3.8) is 0 Å². The Hall–Kier alpha value is -0.160. The molecule has 4 unspecified atom stereocenters. The molecule has 0 bridgehead atoms. The third kappa shape index (κ3) is 4.99. The van der Waals surface area contributed by atoms with Crippen molar-refractivity contribution in [3.8, 4) is 0 Å². The van der Waals surface area contributed by atoms with E-state index < -0.39 is 6.10 Å². The van der Waals surface area contributed by atoms with Gasteiger partial charge in [-0.05, 0) is 25.7 Å². The van der Waals surface area contributed by atoms with E-state index in [4.69, 9.17) is 9.47 Å². The van der Waals surface area contributed by atoms with E-state index in [1.54, 1.807) is 7.11 Å². The quantitative estimate of drug-likeness (QED) is 0.682. The van der Waals surface area contributed by atoms with Crippen molar-refractivity contribution in [2.45, 2.75) is 71.8 Å². The highest BCUT2D eigenvalue weighted by atomic mass is 16.5.